The Morgan fingerprint density at radius 1 is 1.43 bits per heavy atom. The monoisotopic (exact) mass is 214 g/mol. The molecule has 0 aliphatic carbocycles. The standard InChI is InChI=1S/C8H14F4N2/c9-7(10)6-1-2-14(3-6)5-8(11,12)4-13/h6-7H,1-5,13H2. The summed E-state index contributed by atoms with van der Waals surface area (Å²) in [7, 11) is 0. The molecule has 1 unspecified atom stereocenters. The maximum atomic E-state index is 12.8. The second-order valence-corrected chi connectivity index (χ2v) is 3.68. The molecule has 0 radical (unpaired) electrons. The van der Waals surface area contributed by atoms with Gasteiger partial charge in [0.2, 0.25) is 6.43 Å². The zero-order chi connectivity index (χ0) is 10.8. The van der Waals surface area contributed by atoms with Gasteiger partial charge < -0.3 is 5.73 Å². The molecule has 1 rings (SSSR count). The molecule has 1 atom stereocenters. The second-order valence-electron chi connectivity index (χ2n) is 3.68. The first kappa shape index (κ1) is 11.7. The molecule has 1 fully saturated rings. The summed E-state index contributed by atoms with van der Waals surface area (Å²) in [5.74, 6) is -3.72. The van der Waals surface area contributed by atoms with Gasteiger partial charge in [0.05, 0.1) is 13.1 Å². The Balaban J connectivity index is 2.36. The van der Waals surface area contributed by atoms with E-state index in [0.29, 0.717) is 6.54 Å². The van der Waals surface area contributed by atoms with E-state index < -0.39 is 31.4 Å². The molecule has 1 aliphatic heterocycles. The van der Waals surface area contributed by atoms with E-state index in [1.54, 1.807) is 0 Å². The fraction of sp³-hybridized carbons (Fsp3) is 1.00. The molecular formula is C8H14F4N2. The van der Waals surface area contributed by atoms with E-state index in [4.69, 9.17) is 5.73 Å². The van der Waals surface area contributed by atoms with E-state index in [-0.39, 0.29) is 13.0 Å². The molecule has 1 saturated heterocycles. The average molecular weight is 214 g/mol. The molecule has 2 nitrogen and oxygen atoms in total. The molecule has 1 aliphatic rings. The highest BCUT2D eigenvalue weighted by Gasteiger charge is 2.35. The van der Waals surface area contributed by atoms with Crippen LogP contribution in [0.4, 0.5) is 17.6 Å². The van der Waals surface area contributed by atoms with Crippen molar-refractivity contribution in [2.75, 3.05) is 26.2 Å². The van der Waals surface area contributed by atoms with Crippen LogP contribution in [0.15, 0.2) is 0 Å². The first-order valence-electron chi connectivity index (χ1n) is 4.53. The average Bonchev–Trinajstić information content (AvgIpc) is 2.52. The highest BCUT2D eigenvalue weighted by atomic mass is 19.3. The van der Waals surface area contributed by atoms with Gasteiger partial charge in [0.15, 0.2) is 0 Å². The van der Waals surface area contributed by atoms with Crippen LogP contribution in [0.1, 0.15) is 6.42 Å². The molecule has 0 saturated carbocycles. The van der Waals surface area contributed by atoms with Crippen molar-refractivity contribution in [3.63, 3.8) is 0 Å². The minimum absolute atomic E-state index is 0.0489. The van der Waals surface area contributed by atoms with Gasteiger partial charge in [0.1, 0.15) is 0 Å². The number of alkyl halides is 4. The summed E-state index contributed by atoms with van der Waals surface area (Å²) in [5.41, 5.74) is 4.85. The lowest BCUT2D eigenvalue weighted by atomic mass is 10.1. The van der Waals surface area contributed by atoms with E-state index >= 15 is 0 Å². The van der Waals surface area contributed by atoms with Crippen LogP contribution in [-0.2, 0) is 0 Å². The van der Waals surface area contributed by atoms with Gasteiger partial charge in [-0.15, -0.1) is 0 Å². The van der Waals surface area contributed by atoms with Crippen molar-refractivity contribution in [2.24, 2.45) is 11.7 Å². The van der Waals surface area contributed by atoms with E-state index in [0.717, 1.165) is 0 Å². The highest BCUT2D eigenvalue weighted by Crippen LogP contribution is 2.25. The first-order valence-corrected chi connectivity index (χ1v) is 4.53. The summed E-state index contributed by atoms with van der Waals surface area (Å²) in [4.78, 5) is 1.35. The summed E-state index contributed by atoms with van der Waals surface area (Å²) in [6.07, 6.45) is -2.12. The van der Waals surface area contributed by atoms with Gasteiger partial charge in [-0.1, -0.05) is 0 Å². The van der Waals surface area contributed by atoms with Gasteiger partial charge in [-0.3, -0.25) is 4.90 Å². The topological polar surface area (TPSA) is 29.3 Å². The number of halogens is 4. The first-order chi connectivity index (χ1) is 6.44. The maximum absolute atomic E-state index is 12.8. The molecular weight excluding hydrogens is 200 g/mol. The zero-order valence-corrected chi connectivity index (χ0v) is 7.73. The Kier molecular flexibility index (Phi) is 3.71. The summed E-state index contributed by atoms with van der Waals surface area (Å²) >= 11 is 0. The number of nitrogens with two attached hydrogens (primary N) is 1. The lowest BCUT2D eigenvalue weighted by molar-refractivity contribution is -0.0213. The molecule has 84 valence electrons. The van der Waals surface area contributed by atoms with E-state index in [1.807, 2.05) is 0 Å². The fourth-order valence-corrected chi connectivity index (χ4v) is 1.60. The number of nitrogens with zero attached hydrogens (tertiary/aromatic N) is 1. The molecule has 0 amide bonds. The SMILES string of the molecule is NCC(F)(F)CN1CCC(C(F)F)C1. The third kappa shape index (κ3) is 3.09. The van der Waals surface area contributed by atoms with Gasteiger partial charge in [-0.05, 0) is 13.0 Å². The van der Waals surface area contributed by atoms with Crippen LogP contribution in [0.2, 0.25) is 0 Å². The number of rotatable bonds is 4. The number of hydrogen-bond acceptors (Lipinski definition) is 2. The van der Waals surface area contributed by atoms with Crippen LogP contribution in [0.25, 0.3) is 0 Å². The molecule has 0 aromatic heterocycles. The molecule has 0 aromatic rings. The molecule has 14 heavy (non-hydrogen) atoms. The largest absolute Gasteiger partial charge is 0.325 e. The van der Waals surface area contributed by atoms with Crippen molar-refractivity contribution >= 4 is 0 Å². The molecule has 2 N–H and O–H groups in total. The van der Waals surface area contributed by atoms with Crippen molar-refractivity contribution in [3.05, 3.63) is 0 Å². The molecule has 0 bridgehead atoms. The molecule has 0 spiro atoms. The minimum atomic E-state index is -2.96. The van der Waals surface area contributed by atoms with Crippen LogP contribution in [-0.4, -0.2) is 43.4 Å². The number of hydrogen-bond donors (Lipinski definition) is 1. The summed E-state index contributed by atoms with van der Waals surface area (Å²) in [6, 6.07) is 0. The van der Waals surface area contributed by atoms with Gasteiger partial charge in [0, 0.05) is 12.5 Å². The maximum Gasteiger partial charge on any atom is 0.272 e. The predicted octanol–water partition coefficient (Wildman–Crippen LogP) is 1.17. The van der Waals surface area contributed by atoms with Gasteiger partial charge in [0.25, 0.3) is 5.92 Å². The van der Waals surface area contributed by atoms with Crippen molar-refractivity contribution in [2.45, 2.75) is 18.8 Å². The molecule has 1 heterocycles. The van der Waals surface area contributed by atoms with Crippen molar-refractivity contribution < 1.29 is 17.6 Å². The quantitative estimate of drug-likeness (QED) is 0.712. The van der Waals surface area contributed by atoms with Crippen molar-refractivity contribution in [1.29, 1.82) is 0 Å². The third-order valence-corrected chi connectivity index (χ3v) is 2.42. The van der Waals surface area contributed by atoms with Crippen LogP contribution in [0, 0.1) is 5.92 Å². The van der Waals surface area contributed by atoms with Crippen LogP contribution in [0.5, 0.6) is 0 Å². The van der Waals surface area contributed by atoms with E-state index in [1.165, 1.54) is 4.90 Å². The third-order valence-electron chi connectivity index (χ3n) is 2.42. The fourth-order valence-electron chi connectivity index (χ4n) is 1.60. The van der Waals surface area contributed by atoms with Crippen LogP contribution >= 0.6 is 0 Å². The summed E-state index contributed by atoms with van der Waals surface area (Å²) in [5, 5.41) is 0. The lowest BCUT2D eigenvalue weighted by Crippen LogP contribution is -2.41. The van der Waals surface area contributed by atoms with Crippen LogP contribution in [0.3, 0.4) is 0 Å². The van der Waals surface area contributed by atoms with Gasteiger partial charge in [-0.25, -0.2) is 17.6 Å². The van der Waals surface area contributed by atoms with Crippen LogP contribution < -0.4 is 5.73 Å². The van der Waals surface area contributed by atoms with Crippen molar-refractivity contribution in [3.8, 4) is 0 Å². The smallest absolute Gasteiger partial charge is 0.272 e. The Hall–Kier alpha value is -0.360. The summed E-state index contributed by atoms with van der Waals surface area (Å²) < 4.78 is 49.9. The Labute approximate surface area is 80.0 Å². The van der Waals surface area contributed by atoms with E-state index in [2.05, 4.69) is 0 Å². The molecule has 6 heteroatoms. The van der Waals surface area contributed by atoms with Crippen molar-refractivity contribution in [1.82, 2.24) is 4.90 Å². The molecule has 0 aromatic carbocycles. The second kappa shape index (κ2) is 4.44. The normalized spacial score (nSPS) is 24.9. The zero-order valence-electron chi connectivity index (χ0n) is 7.73. The van der Waals surface area contributed by atoms with E-state index in [9.17, 15) is 17.6 Å². The Bertz CT molecular complexity index is 186. The Morgan fingerprint density at radius 3 is 2.50 bits per heavy atom. The highest BCUT2D eigenvalue weighted by molar-refractivity contribution is 4.81. The van der Waals surface area contributed by atoms with Gasteiger partial charge in [-0.2, -0.15) is 0 Å². The Morgan fingerprint density at radius 2 is 2.07 bits per heavy atom. The number of likely N-dealkylation sites (tertiary alicyclic amines) is 1. The predicted molar refractivity (Wildman–Crippen MR) is 44.6 cm³/mol. The minimum Gasteiger partial charge on any atom is -0.325 e. The lowest BCUT2D eigenvalue weighted by Gasteiger charge is -2.22. The summed E-state index contributed by atoms with van der Waals surface area (Å²) in [6.45, 7) is -0.882. The van der Waals surface area contributed by atoms with Gasteiger partial charge >= 0.3 is 0 Å².